The molecule has 286 valence electrons. The number of furan rings is 1. The first-order valence-corrected chi connectivity index (χ1v) is 20.9. The van der Waals surface area contributed by atoms with E-state index in [0.29, 0.717) is 17.6 Å². The summed E-state index contributed by atoms with van der Waals surface area (Å²) in [4.78, 5) is 15.9. The Kier molecular flexibility index (Phi) is 7.00. The molecule has 0 amide bonds. The van der Waals surface area contributed by atoms with Crippen LogP contribution in [-0.4, -0.2) is 19.5 Å². The zero-order valence-corrected chi connectivity index (χ0v) is 33.5. The molecular formula is C56H36N4O. The Balaban J connectivity index is 1.09. The molecule has 0 saturated heterocycles. The van der Waals surface area contributed by atoms with Gasteiger partial charge in [-0.1, -0.05) is 166 Å². The molecule has 0 saturated carbocycles. The molecule has 3 heterocycles. The Morgan fingerprint density at radius 3 is 1.97 bits per heavy atom. The topological polar surface area (TPSA) is 56.7 Å². The highest BCUT2D eigenvalue weighted by Crippen LogP contribution is 2.53. The van der Waals surface area contributed by atoms with E-state index in [1.807, 2.05) is 36.4 Å². The van der Waals surface area contributed by atoms with Crippen molar-refractivity contribution < 1.29 is 4.42 Å². The molecule has 1 aliphatic rings. The van der Waals surface area contributed by atoms with Crippen molar-refractivity contribution in [2.45, 2.75) is 19.3 Å². The summed E-state index contributed by atoms with van der Waals surface area (Å²) in [5.41, 5.74) is 12.9. The lowest BCUT2D eigenvalue weighted by molar-refractivity contribution is 0.661. The third-order valence-electron chi connectivity index (χ3n) is 13.0. The molecule has 0 unspecified atom stereocenters. The third-order valence-corrected chi connectivity index (χ3v) is 13.0. The first-order chi connectivity index (χ1) is 30.0. The molecule has 0 atom stereocenters. The van der Waals surface area contributed by atoms with Crippen LogP contribution in [0, 0.1) is 0 Å². The van der Waals surface area contributed by atoms with E-state index in [9.17, 15) is 0 Å². The molecule has 61 heavy (non-hydrogen) atoms. The summed E-state index contributed by atoms with van der Waals surface area (Å²) >= 11 is 0. The highest BCUT2D eigenvalue weighted by molar-refractivity contribution is 6.23. The second-order valence-electron chi connectivity index (χ2n) is 16.8. The van der Waals surface area contributed by atoms with Gasteiger partial charge < -0.3 is 4.42 Å². The number of aromatic nitrogens is 4. The fourth-order valence-electron chi connectivity index (χ4n) is 10.1. The van der Waals surface area contributed by atoms with E-state index in [1.165, 1.54) is 49.2 Å². The van der Waals surface area contributed by atoms with E-state index in [0.717, 1.165) is 60.6 Å². The molecule has 0 fully saturated rings. The zero-order valence-electron chi connectivity index (χ0n) is 33.5. The number of benzene rings is 9. The van der Waals surface area contributed by atoms with Crippen LogP contribution in [0.4, 0.5) is 0 Å². The normalized spacial score (nSPS) is 13.2. The minimum Gasteiger partial charge on any atom is -0.456 e. The molecule has 9 aromatic carbocycles. The van der Waals surface area contributed by atoms with Crippen LogP contribution in [0.15, 0.2) is 186 Å². The molecule has 0 aliphatic heterocycles. The van der Waals surface area contributed by atoms with Crippen molar-refractivity contribution in [1.82, 2.24) is 19.5 Å². The SMILES string of the molecule is CC1(C)c2cc(-c3cccc4c5c6ccccc6ccc5n(-c5nc(-c6ccccc6)nc(-c6ccc7c(c6)oc6ccccc67)n5)c34)ccc2-c2c1ccc1ccccc21. The quantitative estimate of drug-likeness (QED) is 0.178. The molecule has 0 spiro atoms. The van der Waals surface area contributed by atoms with Crippen LogP contribution in [0.5, 0.6) is 0 Å². The number of fused-ring (bicyclic) bond motifs is 13. The fourth-order valence-corrected chi connectivity index (χ4v) is 10.1. The summed E-state index contributed by atoms with van der Waals surface area (Å²) in [6.07, 6.45) is 0. The number of hydrogen-bond acceptors (Lipinski definition) is 4. The largest absolute Gasteiger partial charge is 0.456 e. The fraction of sp³-hybridized carbons (Fsp3) is 0.0536. The second-order valence-corrected chi connectivity index (χ2v) is 16.8. The predicted octanol–water partition coefficient (Wildman–Crippen LogP) is 14.5. The third kappa shape index (κ3) is 4.92. The van der Waals surface area contributed by atoms with Crippen molar-refractivity contribution in [3.63, 3.8) is 0 Å². The van der Waals surface area contributed by atoms with Crippen LogP contribution in [0.2, 0.25) is 0 Å². The van der Waals surface area contributed by atoms with Gasteiger partial charge in [0.15, 0.2) is 11.6 Å². The molecule has 1 aliphatic carbocycles. The van der Waals surface area contributed by atoms with Crippen LogP contribution < -0.4 is 0 Å². The zero-order chi connectivity index (χ0) is 40.4. The van der Waals surface area contributed by atoms with E-state index < -0.39 is 0 Å². The number of rotatable bonds is 4. The van der Waals surface area contributed by atoms with Gasteiger partial charge in [-0.25, -0.2) is 4.98 Å². The molecule has 0 radical (unpaired) electrons. The minimum atomic E-state index is -0.184. The van der Waals surface area contributed by atoms with Gasteiger partial charge in [0, 0.05) is 43.7 Å². The highest BCUT2D eigenvalue weighted by atomic mass is 16.3. The van der Waals surface area contributed by atoms with Gasteiger partial charge in [-0.15, -0.1) is 0 Å². The maximum atomic E-state index is 6.36. The Morgan fingerprint density at radius 1 is 0.443 bits per heavy atom. The first kappa shape index (κ1) is 34.0. The van der Waals surface area contributed by atoms with E-state index in [2.05, 4.69) is 164 Å². The summed E-state index contributed by atoms with van der Waals surface area (Å²) < 4.78 is 8.63. The van der Waals surface area contributed by atoms with E-state index in [-0.39, 0.29) is 5.41 Å². The van der Waals surface area contributed by atoms with Crippen LogP contribution in [0.25, 0.3) is 116 Å². The second kappa shape index (κ2) is 12.6. The Hall–Kier alpha value is -7.89. The Labute approximate surface area is 351 Å². The number of para-hydroxylation sites is 2. The van der Waals surface area contributed by atoms with Gasteiger partial charge in [0.05, 0.1) is 11.0 Å². The number of hydrogen-bond donors (Lipinski definition) is 0. The summed E-state index contributed by atoms with van der Waals surface area (Å²) in [5, 5.41) is 9.39. The van der Waals surface area contributed by atoms with Gasteiger partial charge >= 0.3 is 0 Å². The van der Waals surface area contributed by atoms with E-state index in [1.54, 1.807) is 0 Å². The van der Waals surface area contributed by atoms with Crippen molar-refractivity contribution in [2.24, 2.45) is 0 Å². The van der Waals surface area contributed by atoms with Gasteiger partial charge in [-0.3, -0.25) is 4.57 Å². The van der Waals surface area contributed by atoms with Crippen LogP contribution in [0.3, 0.4) is 0 Å². The molecule has 13 rings (SSSR count). The smallest absolute Gasteiger partial charge is 0.238 e. The lowest BCUT2D eigenvalue weighted by atomic mass is 9.81. The summed E-state index contributed by atoms with van der Waals surface area (Å²) in [7, 11) is 0. The van der Waals surface area contributed by atoms with E-state index >= 15 is 0 Å². The lowest BCUT2D eigenvalue weighted by Gasteiger charge is -2.22. The molecule has 0 N–H and O–H groups in total. The van der Waals surface area contributed by atoms with Gasteiger partial charge in [0.1, 0.15) is 11.2 Å². The van der Waals surface area contributed by atoms with Crippen molar-refractivity contribution in [1.29, 1.82) is 0 Å². The average molecular weight is 781 g/mol. The molecule has 3 aromatic heterocycles. The van der Waals surface area contributed by atoms with Crippen LogP contribution in [-0.2, 0) is 5.41 Å². The maximum Gasteiger partial charge on any atom is 0.238 e. The Bertz CT molecular complexity index is 3800. The summed E-state index contributed by atoms with van der Waals surface area (Å²) in [6.45, 7) is 4.72. The minimum absolute atomic E-state index is 0.184. The van der Waals surface area contributed by atoms with Gasteiger partial charge in [0.2, 0.25) is 5.95 Å². The van der Waals surface area contributed by atoms with Crippen molar-refractivity contribution >= 4 is 65.3 Å². The monoisotopic (exact) mass is 780 g/mol. The molecule has 5 heteroatoms. The van der Waals surface area contributed by atoms with Crippen molar-refractivity contribution in [3.05, 3.63) is 193 Å². The van der Waals surface area contributed by atoms with E-state index in [4.69, 9.17) is 19.4 Å². The molecule has 12 aromatic rings. The molecule has 0 bridgehead atoms. The van der Waals surface area contributed by atoms with Gasteiger partial charge in [0.25, 0.3) is 0 Å². The van der Waals surface area contributed by atoms with Crippen molar-refractivity contribution in [3.8, 4) is 51.0 Å². The maximum absolute atomic E-state index is 6.36. The average Bonchev–Trinajstić information content (AvgIpc) is 3.94. The summed E-state index contributed by atoms with van der Waals surface area (Å²) in [5.74, 6) is 1.73. The number of nitrogens with zero attached hydrogens (tertiary/aromatic N) is 4. The van der Waals surface area contributed by atoms with Crippen LogP contribution >= 0.6 is 0 Å². The van der Waals surface area contributed by atoms with Gasteiger partial charge in [-0.2, -0.15) is 9.97 Å². The van der Waals surface area contributed by atoms with Crippen molar-refractivity contribution in [2.75, 3.05) is 0 Å². The Morgan fingerprint density at radius 2 is 1.11 bits per heavy atom. The summed E-state index contributed by atoms with van der Waals surface area (Å²) in [6, 6.07) is 64.8. The molecular weight excluding hydrogens is 745 g/mol. The lowest BCUT2D eigenvalue weighted by Crippen LogP contribution is -2.15. The van der Waals surface area contributed by atoms with Crippen LogP contribution in [0.1, 0.15) is 25.0 Å². The first-order valence-electron chi connectivity index (χ1n) is 20.9. The highest BCUT2D eigenvalue weighted by Gasteiger charge is 2.37. The standard InChI is InChI=1S/C56H36N4O/c1-56(2)45-29-25-33-13-6-8-17-38(33)50(45)43-28-23-36(31-46(43)56)40-20-12-21-44-51-39-18-9-7-14-34(39)26-30-47(51)60(52(40)44)55-58-53(35-15-4-3-5-16-35)57-54(59-55)37-24-27-42-41-19-10-11-22-48(41)61-49(42)32-37/h3-32H,1-2H3. The molecule has 5 nitrogen and oxygen atoms in total. The predicted molar refractivity (Wildman–Crippen MR) is 250 cm³/mol. The van der Waals surface area contributed by atoms with Gasteiger partial charge in [-0.05, 0) is 79.7 Å².